The zero-order valence-corrected chi connectivity index (χ0v) is 8.60. The van der Waals surface area contributed by atoms with Crippen molar-refractivity contribution in [1.82, 2.24) is 0 Å². The molecule has 4 nitrogen and oxygen atoms in total. The molecule has 85 valence electrons. The van der Waals surface area contributed by atoms with Crippen LogP contribution in [0.4, 0.5) is 4.39 Å². The Bertz CT molecular complexity index is 372. The monoisotopic (exact) mass is 225 g/mol. The summed E-state index contributed by atoms with van der Waals surface area (Å²) in [5, 5.41) is 0. The quantitative estimate of drug-likeness (QED) is 0.575. The average Bonchev–Trinajstić information content (AvgIpc) is 2.28. The molecular weight excluding hydrogens is 215 g/mol. The lowest BCUT2D eigenvalue weighted by Crippen LogP contribution is -2.18. The van der Waals surface area contributed by atoms with Crippen LogP contribution < -0.4 is 4.74 Å². The van der Waals surface area contributed by atoms with Crippen molar-refractivity contribution >= 4 is 11.9 Å². The molecule has 5 heteroatoms. The summed E-state index contributed by atoms with van der Waals surface area (Å²) < 4.78 is 21.8. The van der Waals surface area contributed by atoms with E-state index in [1.54, 1.807) is 0 Å². The molecule has 0 aliphatic heterocycles. The Kier molecular flexibility index (Phi) is 4.44. The van der Waals surface area contributed by atoms with Crippen LogP contribution in [-0.2, 0) is 14.3 Å². The van der Waals surface area contributed by atoms with Crippen molar-refractivity contribution in [3.63, 3.8) is 0 Å². The second-order valence-corrected chi connectivity index (χ2v) is 2.82. The van der Waals surface area contributed by atoms with Crippen LogP contribution in [0.3, 0.4) is 0 Å². The van der Waals surface area contributed by atoms with E-state index in [4.69, 9.17) is 4.74 Å². The molecule has 1 radical (unpaired) electrons. The molecule has 0 unspecified atom stereocenters. The number of rotatable bonds is 4. The molecule has 0 bridgehead atoms. The Morgan fingerprint density at radius 2 is 1.94 bits per heavy atom. The van der Waals surface area contributed by atoms with E-state index in [0.717, 1.165) is 6.42 Å². The zero-order chi connectivity index (χ0) is 12.0. The largest absolute Gasteiger partial charge is 0.482 e. The summed E-state index contributed by atoms with van der Waals surface area (Å²) >= 11 is 0. The first kappa shape index (κ1) is 12.2. The van der Waals surface area contributed by atoms with Crippen LogP contribution in [-0.4, -0.2) is 18.5 Å². The minimum Gasteiger partial charge on any atom is -0.482 e. The summed E-state index contributed by atoms with van der Waals surface area (Å²) in [5.74, 6) is -1.60. The van der Waals surface area contributed by atoms with E-state index in [-0.39, 0.29) is 0 Å². The Hall–Kier alpha value is -1.91. The molecule has 0 N–H and O–H groups in total. The van der Waals surface area contributed by atoms with Crippen LogP contribution in [0.25, 0.3) is 0 Å². The number of carbonyl (C=O) groups excluding carboxylic acids is 2. The molecular formula is C11H10FO4. The second-order valence-electron chi connectivity index (χ2n) is 2.82. The van der Waals surface area contributed by atoms with Crippen LogP contribution >= 0.6 is 0 Å². The molecule has 0 atom stereocenters. The Labute approximate surface area is 92.0 Å². The van der Waals surface area contributed by atoms with Gasteiger partial charge in [-0.25, -0.2) is 9.18 Å². The van der Waals surface area contributed by atoms with Gasteiger partial charge in [-0.2, -0.15) is 0 Å². The molecule has 16 heavy (non-hydrogen) atoms. The van der Waals surface area contributed by atoms with Crippen LogP contribution in [0.15, 0.2) is 24.3 Å². The summed E-state index contributed by atoms with van der Waals surface area (Å²) in [6.45, 7) is 1.06. The maximum Gasteiger partial charge on any atom is 0.351 e. The molecule has 0 amide bonds. The minimum absolute atomic E-state index is 0.325. The SMILES string of the molecule is C[CH]C(=O)OC(=O)COc1ccc(F)cc1. The van der Waals surface area contributed by atoms with Crippen LogP contribution in [0.1, 0.15) is 6.92 Å². The molecule has 0 heterocycles. The molecule has 1 rings (SSSR count). The predicted molar refractivity (Wildman–Crippen MR) is 53.0 cm³/mol. The summed E-state index contributed by atoms with van der Waals surface area (Å²) in [7, 11) is 0. The lowest BCUT2D eigenvalue weighted by molar-refractivity contribution is -0.158. The molecule has 0 fully saturated rings. The first-order valence-corrected chi connectivity index (χ1v) is 4.54. The molecule has 0 aliphatic carbocycles. The maximum atomic E-state index is 12.5. The van der Waals surface area contributed by atoms with Gasteiger partial charge in [0.15, 0.2) is 6.61 Å². The molecule has 0 spiro atoms. The number of esters is 2. The van der Waals surface area contributed by atoms with E-state index >= 15 is 0 Å². The van der Waals surface area contributed by atoms with Gasteiger partial charge >= 0.3 is 11.9 Å². The summed E-state index contributed by atoms with van der Waals surface area (Å²) in [4.78, 5) is 21.7. The van der Waals surface area contributed by atoms with Crippen molar-refractivity contribution in [1.29, 1.82) is 0 Å². The van der Waals surface area contributed by atoms with Gasteiger partial charge in [0.05, 0.1) is 6.42 Å². The number of halogens is 1. The molecule has 0 aliphatic rings. The topological polar surface area (TPSA) is 52.6 Å². The van der Waals surface area contributed by atoms with Crippen molar-refractivity contribution in [2.24, 2.45) is 0 Å². The predicted octanol–water partition coefficient (Wildman–Crippen LogP) is 1.50. The number of hydrogen-bond acceptors (Lipinski definition) is 4. The highest BCUT2D eigenvalue weighted by molar-refractivity contribution is 5.90. The van der Waals surface area contributed by atoms with Crippen molar-refractivity contribution in [2.45, 2.75) is 6.92 Å². The summed E-state index contributed by atoms with van der Waals surface area (Å²) in [6, 6.07) is 5.14. The van der Waals surface area contributed by atoms with E-state index in [2.05, 4.69) is 4.74 Å². The van der Waals surface area contributed by atoms with Gasteiger partial charge in [-0.05, 0) is 24.3 Å². The van der Waals surface area contributed by atoms with Gasteiger partial charge in [0.25, 0.3) is 0 Å². The highest BCUT2D eigenvalue weighted by Crippen LogP contribution is 2.10. The number of benzene rings is 1. The Balaban J connectivity index is 2.37. The fourth-order valence-electron chi connectivity index (χ4n) is 0.874. The van der Waals surface area contributed by atoms with E-state index in [0.29, 0.717) is 5.75 Å². The third-order valence-electron chi connectivity index (χ3n) is 1.62. The Morgan fingerprint density at radius 1 is 1.31 bits per heavy atom. The normalized spacial score (nSPS) is 9.62. The first-order valence-electron chi connectivity index (χ1n) is 4.54. The number of hydrogen-bond donors (Lipinski definition) is 0. The molecule has 0 saturated heterocycles. The summed E-state index contributed by atoms with van der Waals surface area (Å²) in [5.41, 5.74) is 0. The molecule has 0 saturated carbocycles. The van der Waals surface area contributed by atoms with Gasteiger partial charge in [-0.15, -0.1) is 0 Å². The molecule has 1 aromatic carbocycles. The fourth-order valence-corrected chi connectivity index (χ4v) is 0.874. The van der Waals surface area contributed by atoms with Gasteiger partial charge in [0.2, 0.25) is 0 Å². The highest BCUT2D eigenvalue weighted by atomic mass is 19.1. The third kappa shape index (κ3) is 4.08. The van der Waals surface area contributed by atoms with Crippen LogP contribution in [0, 0.1) is 12.2 Å². The van der Waals surface area contributed by atoms with E-state index < -0.39 is 24.4 Å². The molecule has 1 aromatic rings. The second kappa shape index (κ2) is 5.85. The third-order valence-corrected chi connectivity index (χ3v) is 1.62. The van der Waals surface area contributed by atoms with Crippen LogP contribution in [0.2, 0.25) is 0 Å². The van der Waals surface area contributed by atoms with Gasteiger partial charge < -0.3 is 9.47 Å². The van der Waals surface area contributed by atoms with Crippen LogP contribution in [0.5, 0.6) is 5.75 Å². The molecule has 0 aromatic heterocycles. The van der Waals surface area contributed by atoms with Crippen molar-refractivity contribution in [3.05, 3.63) is 36.5 Å². The van der Waals surface area contributed by atoms with E-state index in [1.165, 1.54) is 31.2 Å². The van der Waals surface area contributed by atoms with E-state index in [1.807, 2.05) is 0 Å². The lowest BCUT2D eigenvalue weighted by atomic mass is 10.3. The first-order chi connectivity index (χ1) is 7.61. The maximum absolute atomic E-state index is 12.5. The van der Waals surface area contributed by atoms with Gasteiger partial charge in [0, 0.05) is 0 Å². The van der Waals surface area contributed by atoms with Gasteiger partial charge in [0.1, 0.15) is 11.6 Å². The smallest absolute Gasteiger partial charge is 0.351 e. The van der Waals surface area contributed by atoms with Crippen molar-refractivity contribution in [3.8, 4) is 5.75 Å². The van der Waals surface area contributed by atoms with Crippen molar-refractivity contribution in [2.75, 3.05) is 6.61 Å². The van der Waals surface area contributed by atoms with Crippen molar-refractivity contribution < 1.29 is 23.5 Å². The lowest BCUT2D eigenvalue weighted by Gasteiger charge is -2.04. The standard InChI is InChI=1S/C11H10FO4/c1-2-10(13)16-11(14)7-15-9-5-3-8(12)4-6-9/h2-6H,7H2,1H3. The highest BCUT2D eigenvalue weighted by Gasteiger charge is 2.09. The minimum atomic E-state index is -0.799. The summed E-state index contributed by atoms with van der Waals surface area (Å²) in [6.07, 6.45) is 1.12. The Morgan fingerprint density at radius 3 is 2.50 bits per heavy atom. The average molecular weight is 225 g/mol. The van der Waals surface area contributed by atoms with Gasteiger partial charge in [-0.1, -0.05) is 6.92 Å². The van der Waals surface area contributed by atoms with E-state index in [9.17, 15) is 14.0 Å². The van der Waals surface area contributed by atoms with Gasteiger partial charge in [-0.3, -0.25) is 4.79 Å². The number of ether oxygens (including phenoxy) is 2. The number of carbonyl (C=O) groups is 2. The fraction of sp³-hybridized carbons (Fsp3) is 0.182. The zero-order valence-electron chi connectivity index (χ0n) is 8.60.